The molecule has 1 aliphatic heterocycles. The van der Waals surface area contributed by atoms with E-state index in [-0.39, 0.29) is 0 Å². The Morgan fingerprint density at radius 1 is 1.24 bits per heavy atom. The topological polar surface area (TPSA) is 27.7 Å². The number of hydrogen-bond donors (Lipinski definition) is 1. The second-order valence-corrected chi connectivity index (χ2v) is 6.02. The molecule has 1 aromatic rings. The molecule has 1 heterocycles. The first-order valence-electron chi connectivity index (χ1n) is 7.62. The predicted octanol–water partition coefficient (Wildman–Crippen LogP) is 2.22. The lowest BCUT2D eigenvalue weighted by Crippen LogP contribution is -2.30. The molecule has 1 fully saturated rings. The molecule has 1 saturated heterocycles. The second kappa shape index (κ2) is 8.59. The maximum atomic E-state index is 6.17. The molecule has 0 spiro atoms. The summed E-state index contributed by atoms with van der Waals surface area (Å²) in [6.45, 7) is 6.87. The average molecular weight is 312 g/mol. The minimum Gasteiger partial charge on any atom is -0.383 e. The van der Waals surface area contributed by atoms with Gasteiger partial charge in [0.1, 0.15) is 0 Å². The number of nitrogens with zero attached hydrogens (tertiary/aromatic N) is 2. The third-order valence-electron chi connectivity index (χ3n) is 3.90. The lowest BCUT2D eigenvalue weighted by atomic mass is 10.1. The summed E-state index contributed by atoms with van der Waals surface area (Å²) >= 11 is 6.17. The molecule has 118 valence electrons. The van der Waals surface area contributed by atoms with Gasteiger partial charge in [-0.05, 0) is 43.8 Å². The minimum absolute atomic E-state index is 0.727. The van der Waals surface area contributed by atoms with Crippen molar-refractivity contribution in [3.63, 3.8) is 0 Å². The van der Waals surface area contributed by atoms with E-state index in [1.54, 1.807) is 7.11 Å². The summed E-state index contributed by atoms with van der Waals surface area (Å²) in [7, 11) is 3.92. The summed E-state index contributed by atoms with van der Waals surface area (Å²) < 4.78 is 5.07. The molecule has 2 rings (SSSR count). The van der Waals surface area contributed by atoms with E-state index in [4.69, 9.17) is 16.3 Å². The molecule has 0 unspecified atom stereocenters. The summed E-state index contributed by atoms with van der Waals surface area (Å²) in [6, 6.07) is 6.22. The fourth-order valence-corrected chi connectivity index (χ4v) is 2.88. The third kappa shape index (κ3) is 5.15. The van der Waals surface area contributed by atoms with Gasteiger partial charge in [0.05, 0.1) is 6.61 Å². The van der Waals surface area contributed by atoms with Gasteiger partial charge in [0.15, 0.2) is 0 Å². The highest BCUT2D eigenvalue weighted by Crippen LogP contribution is 2.25. The number of nitrogens with one attached hydrogen (secondary N) is 1. The first-order chi connectivity index (χ1) is 10.2. The van der Waals surface area contributed by atoms with E-state index < -0.39 is 0 Å². The largest absolute Gasteiger partial charge is 0.383 e. The molecule has 1 aliphatic rings. The molecule has 5 heteroatoms. The minimum atomic E-state index is 0.727. The van der Waals surface area contributed by atoms with E-state index in [0.29, 0.717) is 0 Å². The van der Waals surface area contributed by atoms with Gasteiger partial charge in [0.25, 0.3) is 0 Å². The van der Waals surface area contributed by atoms with Crippen LogP contribution in [0, 0.1) is 0 Å². The molecule has 0 bridgehead atoms. The van der Waals surface area contributed by atoms with Crippen LogP contribution in [0.25, 0.3) is 0 Å². The second-order valence-electron chi connectivity index (χ2n) is 5.59. The van der Waals surface area contributed by atoms with Crippen LogP contribution in [0.3, 0.4) is 0 Å². The highest BCUT2D eigenvalue weighted by atomic mass is 35.5. The van der Waals surface area contributed by atoms with Crippen LogP contribution in [0.1, 0.15) is 12.0 Å². The van der Waals surface area contributed by atoms with E-state index in [0.717, 1.165) is 44.4 Å². The Bertz CT molecular complexity index is 442. The Labute approximate surface area is 133 Å². The van der Waals surface area contributed by atoms with Crippen molar-refractivity contribution >= 4 is 17.3 Å². The van der Waals surface area contributed by atoms with Crippen LogP contribution in [0.15, 0.2) is 18.2 Å². The van der Waals surface area contributed by atoms with Gasteiger partial charge in [0, 0.05) is 50.5 Å². The molecule has 0 aliphatic carbocycles. The van der Waals surface area contributed by atoms with Gasteiger partial charge in [0.2, 0.25) is 0 Å². The van der Waals surface area contributed by atoms with E-state index in [1.807, 2.05) is 6.07 Å². The Kier molecular flexibility index (Phi) is 6.77. The van der Waals surface area contributed by atoms with Crippen LogP contribution in [0.2, 0.25) is 5.02 Å². The molecule has 0 saturated carbocycles. The lowest BCUT2D eigenvalue weighted by Gasteiger charge is -2.26. The standard InChI is InChI=1S/C16H26ClN3O/c1-19-7-3-8-20(10-9-19)16-5-4-15(17)12-14(16)13-18-6-11-21-2/h4-5,12,18H,3,6-11,13H2,1-2H3. The van der Waals surface area contributed by atoms with Crippen LogP contribution >= 0.6 is 11.6 Å². The van der Waals surface area contributed by atoms with Crippen LogP contribution in [-0.4, -0.2) is 58.4 Å². The maximum absolute atomic E-state index is 6.17. The van der Waals surface area contributed by atoms with E-state index in [1.165, 1.54) is 24.2 Å². The fraction of sp³-hybridized carbons (Fsp3) is 0.625. The van der Waals surface area contributed by atoms with Gasteiger partial charge in [-0.15, -0.1) is 0 Å². The van der Waals surface area contributed by atoms with Crippen LogP contribution < -0.4 is 10.2 Å². The Morgan fingerprint density at radius 2 is 2.10 bits per heavy atom. The number of likely N-dealkylation sites (N-methyl/N-ethyl adjacent to an activating group) is 1. The zero-order valence-corrected chi connectivity index (χ0v) is 13.8. The highest BCUT2D eigenvalue weighted by Gasteiger charge is 2.15. The van der Waals surface area contributed by atoms with Crippen molar-refractivity contribution < 1.29 is 4.74 Å². The zero-order chi connectivity index (χ0) is 15.1. The van der Waals surface area contributed by atoms with Crippen molar-refractivity contribution in [1.29, 1.82) is 0 Å². The van der Waals surface area contributed by atoms with Gasteiger partial charge in [-0.25, -0.2) is 0 Å². The van der Waals surface area contributed by atoms with Crippen molar-refractivity contribution in [1.82, 2.24) is 10.2 Å². The monoisotopic (exact) mass is 311 g/mol. The smallest absolute Gasteiger partial charge is 0.0587 e. The van der Waals surface area contributed by atoms with Crippen LogP contribution in [0.5, 0.6) is 0 Å². The van der Waals surface area contributed by atoms with Crippen LogP contribution in [-0.2, 0) is 11.3 Å². The van der Waals surface area contributed by atoms with Crippen molar-refractivity contribution in [3.8, 4) is 0 Å². The molecule has 1 N–H and O–H groups in total. The van der Waals surface area contributed by atoms with E-state index >= 15 is 0 Å². The molecule has 4 nitrogen and oxygen atoms in total. The number of halogens is 1. The number of rotatable bonds is 6. The van der Waals surface area contributed by atoms with Crippen molar-refractivity contribution in [2.45, 2.75) is 13.0 Å². The number of hydrogen-bond acceptors (Lipinski definition) is 4. The van der Waals surface area contributed by atoms with Crippen LogP contribution in [0.4, 0.5) is 5.69 Å². The number of anilines is 1. The molecule has 0 amide bonds. The SMILES string of the molecule is COCCNCc1cc(Cl)ccc1N1CCCN(C)CC1. The summed E-state index contributed by atoms with van der Waals surface area (Å²) in [6.07, 6.45) is 1.20. The Hall–Kier alpha value is -0.810. The van der Waals surface area contributed by atoms with Gasteiger partial charge in [-0.3, -0.25) is 0 Å². The quantitative estimate of drug-likeness (QED) is 0.815. The van der Waals surface area contributed by atoms with E-state index in [2.05, 4.69) is 34.3 Å². The lowest BCUT2D eigenvalue weighted by molar-refractivity contribution is 0.199. The van der Waals surface area contributed by atoms with Gasteiger partial charge in [-0.2, -0.15) is 0 Å². The van der Waals surface area contributed by atoms with E-state index in [9.17, 15) is 0 Å². The molecule has 0 radical (unpaired) electrons. The van der Waals surface area contributed by atoms with Crippen molar-refractivity contribution in [3.05, 3.63) is 28.8 Å². The third-order valence-corrected chi connectivity index (χ3v) is 4.14. The Balaban J connectivity index is 2.06. The first kappa shape index (κ1) is 16.6. The average Bonchev–Trinajstić information content (AvgIpc) is 2.69. The summed E-state index contributed by atoms with van der Waals surface area (Å²) in [4.78, 5) is 4.87. The first-order valence-corrected chi connectivity index (χ1v) is 8.00. The van der Waals surface area contributed by atoms with Crippen molar-refractivity contribution in [2.24, 2.45) is 0 Å². The molecular weight excluding hydrogens is 286 g/mol. The Morgan fingerprint density at radius 3 is 2.90 bits per heavy atom. The zero-order valence-electron chi connectivity index (χ0n) is 13.1. The van der Waals surface area contributed by atoms with Crippen molar-refractivity contribution in [2.75, 3.05) is 58.4 Å². The molecular formula is C16H26ClN3O. The fourth-order valence-electron chi connectivity index (χ4n) is 2.69. The summed E-state index contributed by atoms with van der Waals surface area (Å²) in [5.41, 5.74) is 2.57. The maximum Gasteiger partial charge on any atom is 0.0587 e. The number of methoxy groups -OCH3 is 1. The highest BCUT2D eigenvalue weighted by molar-refractivity contribution is 6.30. The summed E-state index contributed by atoms with van der Waals surface area (Å²) in [5.74, 6) is 0. The molecule has 0 aromatic heterocycles. The molecule has 1 aromatic carbocycles. The summed E-state index contributed by atoms with van der Waals surface area (Å²) in [5, 5.41) is 4.21. The molecule has 0 atom stereocenters. The predicted molar refractivity (Wildman–Crippen MR) is 89.4 cm³/mol. The number of ether oxygens (including phenoxy) is 1. The van der Waals surface area contributed by atoms with Gasteiger partial charge < -0.3 is 19.9 Å². The normalized spacial score (nSPS) is 17.0. The molecule has 21 heavy (non-hydrogen) atoms. The van der Waals surface area contributed by atoms with Gasteiger partial charge >= 0.3 is 0 Å². The van der Waals surface area contributed by atoms with Gasteiger partial charge in [-0.1, -0.05) is 11.6 Å². The number of benzene rings is 1.